The van der Waals surface area contributed by atoms with Crippen molar-refractivity contribution in [3.63, 3.8) is 0 Å². The van der Waals surface area contributed by atoms with Gasteiger partial charge in [-0.3, -0.25) is 4.79 Å². The molecule has 4 heteroatoms. The van der Waals surface area contributed by atoms with Crippen LogP contribution in [-0.4, -0.2) is 24.5 Å². The molecule has 19 heavy (non-hydrogen) atoms. The number of benzene rings is 1. The highest BCUT2D eigenvalue weighted by Crippen LogP contribution is 2.06. The first-order chi connectivity index (χ1) is 9.04. The molecule has 3 unspecified atom stereocenters. The van der Waals surface area contributed by atoms with E-state index in [1.807, 2.05) is 51.1 Å². The van der Waals surface area contributed by atoms with E-state index in [1.165, 1.54) is 0 Å². The number of carbonyl (C=O) groups excluding carboxylic acids is 1. The van der Waals surface area contributed by atoms with Crippen molar-refractivity contribution in [2.24, 2.45) is 11.7 Å². The van der Waals surface area contributed by atoms with Gasteiger partial charge in [-0.15, -0.1) is 0 Å². The van der Waals surface area contributed by atoms with Crippen molar-refractivity contribution >= 4 is 11.6 Å². The third kappa shape index (κ3) is 5.30. The van der Waals surface area contributed by atoms with E-state index in [1.54, 1.807) is 0 Å². The summed E-state index contributed by atoms with van der Waals surface area (Å²) in [5.41, 5.74) is 6.95. The van der Waals surface area contributed by atoms with Gasteiger partial charge < -0.3 is 16.4 Å². The van der Waals surface area contributed by atoms with Crippen LogP contribution in [0.15, 0.2) is 30.3 Å². The van der Waals surface area contributed by atoms with E-state index in [0.717, 1.165) is 12.1 Å². The zero-order valence-electron chi connectivity index (χ0n) is 12.0. The first-order valence-electron chi connectivity index (χ1n) is 6.89. The number of hydrogen-bond donors (Lipinski definition) is 3. The third-order valence-electron chi connectivity index (χ3n) is 3.33. The largest absolute Gasteiger partial charge is 0.383 e. The first-order valence-corrected chi connectivity index (χ1v) is 6.89. The molecule has 0 radical (unpaired) electrons. The van der Waals surface area contributed by atoms with E-state index in [2.05, 4.69) is 10.6 Å². The molecule has 0 bridgehead atoms. The summed E-state index contributed by atoms with van der Waals surface area (Å²) in [4.78, 5) is 11.9. The highest BCUT2D eigenvalue weighted by Gasteiger charge is 2.20. The van der Waals surface area contributed by atoms with Gasteiger partial charge in [0.15, 0.2) is 0 Å². The van der Waals surface area contributed by atoms with Crippen molar-refractivity contribution in [3.05, 3.63) is 30.3 Å². The minimum absolute atomic E-state index is 0.0443. The Morgan fingerprint density at radius 2 is 1.89 bits per heavy atom. The number of carbonyl (C=O) groups is 1. The quantitative estimate of drug-likeness (QED) is 0.704. The third-order valence-corrected chi connectivity index (χ3v) is 3.33. The molecule has 0 saturated carbocycles. The second kappa shape index (κ2) is 7.79. The second-order valence-electron chi connectivity index (χ2n) is 5.07. The maximum absolute atomic E-state index is 11.9. The molecule has 106 valence electrons. The zero-order chi connectivity index (χ0) is 14.3. The lowest BCUT2D eigenvalue weighted by atomic mass is 9.99. The van der Waals surface area contributed by atoms with E-state index in [9.17, 15) is 4.79 Å². The second-order valence-corrected chi connectivity index (χ2v) is 5.07. The molecule has 4 nitrogen and oxygen atoms in total. The summed E-state index contributed by atoms with van der Waals surface area (Å²) < 4.78 is 0. The summed E-state index contributed by atoms with van der Waals surface area (Å²) in [5.74, 6) is 0.131. The zero-order valence-corrected chi connectivity index (χ0v) is 12.0. The fourth-order valence-electron chi connectivity index (χ4n) is 1.73. The normalized spacial score (nSPS) is 15.4. The van der Waals surface area contributed by atoms with Crippen molar-refractivity contribution in [3.8, 4) is 0 Å². The van der Waals surface area contributed by atoms with Crippen LogP contribution in [0.25, 0.3) is 0 Å². The molecule has 1 aromatic carbocycles. The van der Waals surface area contributed by atoms with E-state index >= 15 is 0 Å². The topological polar surface area (TPSA) is 67.2 Å². The van der Waals surface area contributed by atoms with Crippen LogP contribution < -0.4 is 16.4 Å². The van der Waals surface area contributed by atoms with Gasteiger partial charge in [0.05, 0.1) is 6.04 Å². The average Bonchev–Trinajstić information content (AvgIpc) is 2.44. The lowest BCUT2D eigenvalue weighted by molar-refractivity contribution is -0.123. The maximum Gasteiger partial charge on any atom is 0.237 e. The number of nitrogens with two attached hydrogens (primary N) is 1. The molecule has 0 spiro atoms. The number of hydrogen-bond acceptors (Lipinski definition) is 3. The predicted octanol–water partition coefficient (Wildman–Crippen LogP) is 1.98. The van der Waals surface area contributed by atoms with E-state index in [-0.39, 0.29) is 17.9 Å². The first kappa shape index (κ1) is 15.5. The van der Waals surface area contributed by atoms with Gasteiger partial charge >= 0.3 is 0 Å². The van der Waals surface area contributed by atoms with Gasteiger partial charge in [0.1, 0.15) is 0 Å². The predicted molar refractivity (Wildman–Crippen MR) is 80.0 cm³/mol. The van der Waals surface area contributed by atoms with Gasteiger partial charge in [-0.25, -0.2) is 0 Å². The molecular formula is C15H25N3O. The number of nitrogens with one attached hydrogen (secondary N) is 2. The number of para-hydroxylation sites is 1. The Morgan fingerprint density at radius 1 is 1.26 bits per heavy atom. The van der Waals surface area contributed by atoms with Crippen LogP contribution in [0, 0.1) is 5.92 Å². The summed E-state index contributed by atoms with van der Waals surface area (Å²) in [6, 6.07) is 9.54. The smallest absolute Gasteiger partial charge is 0.237 e. The summed E-state index contributed by atoms with van der Waals surface area (Å²) in [6.07, 6.45) is 0.908. The summed E-state index contributed by atoms with van der Waals surface area (Å²) >= 11 is 0. The fraction of sp³-hybridized carbons (Fsp3) is 0.533. The Kier molecular flexibility index (Phi) is 6.36. The van der Waals surface area contributed by atoms with Gasteiger partial charge in [0.2, 0.25) is 5.91 Å². The number of rotatable bonds is 7. The van der Waals surface area contributed by atoms with Crippen molar-refractivity contribution < 1.29 is 4.79 Å². The molecule has 1 rings (SSSR count). The van der Waals surface area contributed by atoms with Gasteiger partial charge in [-0.1, -0.05) is 38.5 Å². The Bertz CT molecular complexity index is 380. The highest BCUT2D eigenvalue weighted by atomic mass is 16.2. The molecule has 0 saturated heterocycles. The Hall–Kier alpha value is -1.55. The van der Waals surface area contributed by atoms with Gasteiger partial charge in [-0.05, 0) is 25.0 Å². The molecular weight excluding hydrogens is 238 g/mol. The van der Waals surface area contributed by atoms with Crippen molar-refractivity contribution in [1.29, 1.82) is 0 Å². The van der Waals surface area contributed by atoms with Crippen LogP contribution in [0.3, 0.4) is 0 Å². The number of amides is 1. The molecule has 3 atom stereocenters. The molecule has 4 N–H and O–H groups in total. The Labute approximate surface area is 115 Å². The molecule has 0 fully saturated rings. The van der Waals surface area contributed by atoms with Crippen molar-refractivity contribution in [1.82, 2.24) is 5.32 Å². The molecule has 0 aromatic heterocycles. The van der Waals surface area contributed by atoms with Gasteiger partial charge in [0.25, 0.3) is 0 Å². The Balaban J connectivity index is 2.35. The van der Waals surface area contributed by atoms with E-state index < -0.39 is 6.04 Å². The molecule has 1 amide bonds. The summed E-state index contributed by atoms with van der Waals surface area (Å²) in [5, 5.41) is 6.22. The Morgan fingerprint density at radius 3 is 2.47 bits per heavy atom. The SMILES string of the molecule is CCC(C)C(N)C(=O)NC(C)CNc1ccccc1. The van der Waals surface area contributed by atoms with Crippen LogP contribution >= 0.6 is 0 Å². The van der Waals surface area contributed by atoms with Gasteiger partial charge in [-0.2, -0.15) is 0 Å². The van der Waals surface area contributed by atoms with Crippen LogP contribution in [0.4, 0.5) is 5.69 Å². The molecule has 0 aliphatic carbocycles. The maximum atomic E-state index is 11.9. The van der Waals surface area contributed by atoms with Crippen LogP contribution in [0.1, 0.15) is 27.2 Å². The average molecular weight is 263 g/mol. The van der Waals surface area contributed by atoms with E-state index in [0.29, 0.717) is 6.54 Å². The van der Waals surface area contributed by atoms with Crippen molar-refractivity contribution in [2.45, 2.75) is 39.3 Å². The van der Waals surface area contributed by atoms with Crippen molar-refractivity contribution in [2.75, 3.05) is 11.9 Å². The van der Waals surface area contributed by atoms with E-state index in [4.69, 9.17) is 5.73 Å². The minimum atomic E-state index is -0.427. The van der Waals surface area contributed by atoms with Crippen LogP contribution in [0.2, 0.25) is 0 Å². The molecule has 0 aliphatic heterocycles. The molecule has 0 heterocycles. The minimum Gasteiger partial charge on any atom is -0.383 e. The monoisotopic (exact) mass is 263 g/mol. The lowest BCUT2D eigenvalue weighted by Crippen LogP contribution is -2.49. The summed E-state index contributed by atoms with van der Waals surface area (Å²) in [7, 11) is 0. The number of anilines is 1. The van der Waals surface area contributed by atoms with Crippen LogP contribution in [0.5, 0.6) is 0 Å². The standard InChI is InChI=1S/C15H25N3O/c1-4-11(2)14(16)15(19)18-12(3)10-17-13-8-6-5-7-9-13/h5-9,11-12,14,17H,4,10,16H2,1-3H3,(H,18,19). The molecule has 0 aliphatic rings. The van der Waals surface area contributed by atoms with Crippen LogP contribution in [-0.2, 0) is 4.79 Å². The lowest BCUT2D eigenvalue weighted by Gasteiger charge is -2.21. The van der Waals surface area contributed by atoms with Gasteiger partial charge in [0, 0.05) is 18.3 Å². The summed E-state index contributed by atoms with van der Waals surface area (Å²) in [6.45, 7) is 6.69. The highest BCUT2D eigenvalue weighted by molar-refractivity contribution is 5.82. The molecule has 1 aromatic rings. The fourth-order valence-corrected chi connectivity index (χ4v) is 1.73.